The van der Waals surface area contributed by atoms with E-state index in [0.29, 0.717) is 12.5 Å². The van der Waals surface area contributed by atoms with Gasteiger partial charge in [0.1, 0.15) is 0 Å². The number of benzene rings is 2. The van der Waals surface area contributed by atoms with Gasteiger partial charge in [0.05, 0.1) is 59.1 Å². The summed E-state index contributed by atoms with van der Waals surface area (Å²) in [4.78, 5) is 7.41. The second-order valence-electron chi connectivity index (χ2n) is 11.1. The fourth-order valence-corrected chi connectivity index (χ4v) is 4.76. The summed E-state index contributed by atoms with van der Waals surface area (Å²) in [6.07, 6.45) is 4.76. The third-order valence-electron chi connectivity index (χ3n) is 7.06. The van der Waals surface area contributed by atoms with Crippen LogP contribution in [0, 0.1) is 5.92 Å². The summed E-state index contributed by atoms with van der Waals surface area (Å²) in [6, 6.07) is 10.6. The Morgan fingerprint density at radius 2 is 1.55 bits per heavy atom. The van der Waals surface area contributed by atoms with Gasteiger partial charge in [-0.3, -0.25) is 4.99 Å². The molecule has 38 heavy (non-hydrogen) atoms. The lowest BCUT2D eigenvalue weighted by Crippen LogP contribution is -2.36. The highest BCUT2D eigenvalue weighted by Gasteiger charge is 2.28. The van der Waals surface area contributed by atoms with Gasteiger partial charge in [-0.05, 0) is 86.9 Å². The Balaban J connectivity index is 1.91. The van der Waals surface area contributed by atoms with Crippen molar-refractivity contribution < 1.29 is 23.7 Å². The van der Waals surface area contributed by atoms with Crippen LogP contribution in [-0.4, -0.2) is 64.5 Å². The molecule has 0 fully saturated rings. The lowest BCUT2D eigenvalue weighted by Gasteiger charge is -2.37. The van der Waals surface area contributed by atoms with Crippen LogP contribution < -0.4 is 18.9 Å². The molecule has 0 unspecified atom stereocenters. The summed E-state index contributed by atoms with van der Waals surface area (Å²) in [5.41, 5.74) is 3.56. The molecular formula is C31H46N2O5. The minimum Gasteiger partial charge on any atom is -0.493 e. The molecule has 0 N–H and O–H groups in total. The molecule has 2 aromatic carbocycles. The van der Waals surface area contributed by atoms with E-state index in [1.807, 2.05) is 6.07 Å². The quantitative estimate of drug-likeness (QED) is 0.245. The summed E-state index contributed by atoms with van der Waals surface area (Å²) >= 11 is 0. The van der Waals surface area contributed by atoms with Gasteiger partial charge in [-0.1, -0.05) is 19.9 Å². The maximum absolute atomic E-state index is 6.09. The first-order valence-electron chi connectivity index (χ1n) is 13.5. The highest BCUT2D eigenvalue weighted by molar-refractivity contribution is 5.59. The summed E-state index contributed by atoms with van der Waals surface area (Å²) in [7, 11) is 6.71. The van der Waals surface area contributed by atoms with Crippen LogP contribution in [0.4, 0.5) is 0 Å². The van der Waals surface area contributed by atoms with Gasteiger partial charge in [-0.15, -0.1) is 0 Å². The van der Waals surface area contributed by atoms with Crippen molar-refractivity contribution in [2.75, 3.05) is 41.6 Å². The van der Waals surface area contributed by atoms with E-state index in [1.54, 1.807) is 28.4 Å². The zero-order valence-corrected chi connectivity index (χ0v) is 24.7. The van der Waals surface area contributed by atoms with Crippen molar-refractivity contribution in [3.63, 3.8) is 0 Å². The van der Waals surface area contributed by atoms with E-state index >= 15 is 0 Å². The van der Waals surface area contributed by atoms with E-state index in [9.17, 15) is 0 Å². The Morgan fingerprint density at radius 1 is 0.921 bits per heavy atom. The first-order valence-corrected chi connectivity index (χ1v) is 13.5. The van der Waals surface area contributed by atoms with Gasteiger partial charge in [-0.25, -0.2) is 0 Å². The number of methoxy groups -OCH3 is 4. The summed E-state index contributed by atoms with van der Waals surface area (Å²) < 4.78 is 28.3. The van der Waals surface area contributed by atoms with Crippen molar-refractivity contribution in [2.45, 2.75) is 71.6 Å². The third-order valence-corrected chi connectivity index (χ3v) is 7.06. The molecule has 1 aliphatic heterocycles. The second-order valence-corrected chi connectivity index (χ2v) is 11.1. The van der Waals surface area contributed by atoms with Gasteiger partial charge in [0.25, 0.3) is 0 Å². The van der Waals surface area contributed by atoms with E-state index in [0.717, 1.165) is 48.8 Å². The zero-order chi connectivity index (χ0) is 27.9. The molecule has 7 heteroatoms. The van der Waals surface area contributed by atoms with Crippen molar-refractivity contribution in [2.24, 2.45) is 10.9 Å². The molecule has 0 aromatic heterocycles. The maximum Gasteiger partial charge on any atom is 0.161 e. The Hall–Kier alpha value is -2.93. The standard InChI is InChI=1S/C31H46N2O5/c1-21(2)25(19-38-31(3,4)5)32-20-33-15-14-23-17-29(36-8)30(37-9)18-24(23)26(33)12-10-22-11-13-27(34-6)28(16-22)35-7/h11,13,16-18,20-21,25-26H,10,12,14-15,19H2,1-9H3/t25-,26+/m1/s1. The number of ether oxygens (including phenoxy) is 5. The van der Waals surface area contributed by atoms with Crippen molar-refractivity contribution >= 4 is 6.34 Å². The van der Waals surface area contributed by atoms with E-state index in [2.05, 4.69) is 70.1 Å². The van der Waals surface area contributed by atoms with Crippen LogP contribution >= 0.6 is 0 Å². The van der Waals surface area contributed by atoms with Crippen LogP contribution in [0.25, 0.3) is 0 Å². The van der Waals surface area contributed by atoms with Gasteiger partial charge in [0, 0.05) is 6.54 Å². The predicted molar refractivity (Wildman–Crippen MR) is 153 cm³/mol. The van der Waals surface area contributed by atoms with E-state index in [1.165, 1.54) is 16.7 Å². The number of nitrogens with zero attached hydrogens (tertiary/aromatic N) is 2. The van der Waals surface area contributed by atoms with Crippen molar-refractivity contribution in [1.29, 1.82) is 0 Å². The summed E-state index contributed by atoms with van der Waals surface area (Å²) in [5, 5.41) is 0. The average molecular weight is 527 g/mol. The normalized spacial score (nSPS) is 16.5. The fourth-order valence-electron chi connectivity index (χ4n) is 4.76. The molecule has 0 saturated heterocycles. The van der Waals surface area contributed by atoms with Crippen LogP contribution in [0.15, 0.2) is 35.3 Å². The zero-order valence-electron chi connectivity index (χ0n) is 24.7. The molecule has 0 spiro atoms. The number of fused-ring (bicyclic) bond motifs is 1. The fraction of sp³-hybridized carbons (Fsp3) is 0.581. The van der Waals surface area contributed by atoms with E-state index in [4.69, 9.17) is 28.7 Å². The number of aryl methyl sites for hydroxylation is 1. The molecule has 1 aliphatic rings. The molecule has 0 amide bonds. The van der Waals surface area contributed by atoms with Gasteiger partial charge in [-0.2, -0.15) is 0 Å². The first-order chi connectivity index (χ1) is 18.1. The highest BCUT2D eigenvalue weighted by Crippen LogP contribution is 2.40. The first kappa shape index (κ1) is 29.6. The second kappa shape index (κ2) is 13.2. The minimum atomic E-state index is -0.190. The van der Waals surface area contributed by atoms with Crippen LogP contribution in [0.3, 0.4) is 0 Å². The SMILES string of the molecule is COc1ccc(CC[C@H]2c3cc(OC)c(OC)cc3CCN2C=N[C@H](COC(C)(C)C)C(C)C)cc1OC. The van der Waals surface area contributed by atoms with Crippen LogP contribution in [0.2, 0.25) is 0 Å². The molecule has 3 rings (SSSR count). The Morgan fingerprint density at radius 3 is 2.16 bits per heavy atom. The largest absolute Gasteiger partial charge is 0.493 e. The maximum atomic E-state index is 6.09. The summed E-state index contributed by atoms with van der Waals surface area (Å²) in [5.74, 6) is 3.38. The molecule has 0 aliphatic carbocycles. The molecule has 0 radical (unpaired) electrons. The lowest BCUT2D eigenvalue weighted by molar-refractivity contribution is -0.0145. The molecule has 210 valence electrons. The highest BCUT2D eigenvalue weighted by atomic mass is 16.5. The Kier molecular flexibility index (Phi) is 10.3. The molecule has 0 saturated carbocycles. The average Bonchev–Trinajstić information content (AvgIpc) is 2.90. The molecule has 2 aromatic rings. The number of hydrogen-bond acceptors (Lipinski definition) is 6. The van der Waals surface area contributed by atoms with Crippen LogP contribution in [-0.2, 0) is 17.6 Å². The van der Waals surface area contributed by atoms with Crippen molar-refractivity contribution in [1.82, 2.24) is 4.90 Å². The molecule has 1 heterocycles. The third kappa shape index (κ3) is 7.56. The lowest BCUT2D eigenvalue weighted by atomic mass is 9.88. The van der Waals surface area contributed by atoms with Gasteiger partial charge in [0.15, 0.2) is 23.0 Å². The van der Waals surface area contributed by atoms with Gasteiger partial charge >= 0.3 is 0 Å². The Bertz CT molecular complexity index is 1080. The topological polar surface area (TPSA) is 61.8 Å². The number of aliphatic imine (C=N–C) groups is 1. The van der Waals surface area contributed by atoms with E-state index < -0.39 is 0 Å². The Labute approximate surface area is 229 Å². The predicted octanol–water partition coefficient (Wildman–Crippen LogP) is 6.12. The molecule has 7 nitrogen and oxygen atoms in total. The van der Waals surface area contributed by atoms with Gasteiger partial charge < -0.3 is 28.6 Å². The summed E-state index contributed by atoms with van der Waals surface area (Å²) in [6.45, 7) is 12.1. The molecular weight excluding hydrogens is 480 g/mol. The van der Waals surface area contributed by atoms with Crippen LogP contribution in [0.5, 0.6) is 23.0 Å². The monoisotopic (exact) mass is 526 g/mol. The van der Waals surface area contributed by atoms with E-state index in [-0.39, 0.29) is 17.7 Å². The number of hydrogen-bond donors (Lipinski definition) is 0. The van der Waals surface area contributed by atoms with Crippen LogP contribution in [0.1, 0.15) is 63.8 Å². The molecule has 0 bridgehead atoms. The molecule has 2 atom stereocenters. The smallest absolute Gasteiger partial charge is 0.161 e. The van der Waals surface area contributed by atoms with Crippen molar-refractivity contribution in [3.8, 4) is 23.0 Å². The minimum absolute atomic E-state index is 0.0903. The van der Waals surface area contributed by atoms with Crippen molar-refractivity contribution in [3.05, 3.63) is 47.0 Å². The van der Waals surface area contributed by atoms with Gasteiger partial charge in [0.2, 0.25) is 0 Å². The number of rotatable bonds is 12.